The van der Waals surface area contributed by atoms with Crippen LogP contribution < -0.4 is 0 Å². The molecule has 1 saturated heterocycles. The number of benzene rings is 1. The van der Waals surface area contributed by atoms with Gasteiger partial charge in [0.05, 0.1) is 18.4 Å². The molecular weight excluding hydrogens is 358 g/mol. The Balaban J connectivity index is 2.18. The normalized spacial score (nSPS) is 19.1. The van der Waals surface area contributed by atoms with Gasteiger partial charge in [-0.3, -0.25) is 9.59 Å². The topological polar surface area (TPSA) is 72.9 Å². The number of hydrogen-bond acceptors (Lipinski definition) is 5. The highest BCUT2D eigenvalue weighted by molar-refractivity contribution is 5.96. The van der Waals surface area contributed by atoms with Gasteiger partial charge in [0.1, 0.15) is 12.2 Å². The van der Waals surface area contributed by atoms with Crippen LogP contribution in [-0.2, 0) is 25.5 Å². The Hall–Kier alpha value is -2.37. The fourth-order valence-electron chi connectivity index (χ4n) is 3.32. The third kappa shape index (κ3) is 5.81. The standard InChI is InChI=1S/C22H31NO5/c1-6-15(2)18(13-19(24)28-22(3,4)5)20(25)23-17(14-27-21(23)26)12-16-10-8-7-9-11-16/h7-11,15,17-18H,6,12-14H2,1-5H3/t15-,17+,18+/m0/s1. The van der Waals surface area contributed by atoms with Crippen LogP contribution in [0.15, 0.2) is 30.3 Å². The number of esters is 1. The summed E-state index contributed by atoms with van der Waals surface area (Å²) in [5, 5.41) is 0. The minimum absolute atomic E-state index is 0.0487. The van der Waals surface area contributed by atoms with E-state index in [4.69, 9.17) is 9.47 Å². The van der Waals surface area contributed by atoms with Crippen molar-refractivity contribution in [3.05, 3.63) is 35.9 Å². The van der Waals surface area contributed by atoms with Gasteiger partial charge in [-0.05, 0) is 38.7 Å². The minimum atomic E-state index is -0.636. The molecule has 1 aliphatic rings. The third-order valence-electron chi connectivity index (χ3n) is 4.97. The van der Waals surface area contributed by atoms with Crippen molar-refractivity contribution < 1.29 is 23.9 Å². The second kappa shape index (κ2) is 9.22. The van der Waals surface area contributed by atoms with Crippen LogP contribution in [0.4, 0.5) is 4.79 Å². The van der Waals surface area contributed by atoms with E-state index in [2.05, 4.69) is 0 Å². The Morgan fingerprint density at radius 3 is 2.46 bits per heavy atom. The molecule has 154 valence electrons. The van der Waals surface area contributed by atoms with Crippen molar-refractivity contribution >= 4 is 18.0 Å². The van der Waals surface area contributed by atoms with E-state index in [1.807, 2.05) is 44.2 Å². The highest BCUT2D eigenvalue weighted by atomic mass is 16.6. The number of nitrogens with zero attached hydrogens (tertiary/aromatic N) is 1. The van der Waals surface area contributed by atoms with Crippen LogP contribution in [0.5, 0.6) is 0 Å². The van der Waals surface area contributed by atoms with Crippen molar-refractivity contribution in [1.82, 2.24) is 4.90 Å². The zero-order chi connectivity index (χ0) is 20.9. The lowest BCUT2D eigenvalue weighted by molar-refractivity contribution is -0.159. The summed E-state index contributed by atoms with van der Waals surface area (Å²) in [6.07, 6.45) is 0.555. The van der Waals surface area contributed by atoms with Crippen molar-refractivity contribution in [3.63, 3.8) is 0 Å². The van der Waals surface area contributed by atoms with Crippen LogP contribution in [0.1, 0.15) is 53.0 Å². The summed E-state index contributed by atoms with van der Waals surface area (Å²) in [7, 11) is 0. The largest absolute Gasteiger partial charge is 0.460 e. The van der Waals surface area contributed by atoms with E-state index in [1.165, 1.54) is 4.90 Å². The molecule has 1 aromatic rings. The van der Waals surface area contributed by atoms with Crippen LogP contribution in [0, 0.1) is 11.8 Å². The van der Waals surface area contributed by atoms with Gasteiger partial charge in [-0.15, -0.1) is 0 Å². The summed E-state index contributed by atoms with van der Waals surface area (Å²) in [6.45, 7) is 9.42. The van der Waals surface area contributed by atoms with Crippen LogP contribution in [0.3, 0.4) is 0 Å². The van der Waals surface area contributed by atoms with Crippen LogP contribution in [0.2, 0.25) is 0 Å². The van der Waals surface area contributed by atoms with E-state index in [-0.39, 0.29) is 30.9 Å². The molecule has 2 amide bonds. The Morgan fingerprint density at radius 2 is 1.89 bits per heavy atom. The Labute approximate surface area is 167 Å². The summed E-state index contributed by atoms with van der Waals surface area (Å²) < 4.78 is 10.6. The summed E-state index contributed by atoms with van der Waals surface area (Å²) in [5.74, 6) is -1.48. The molecule has 0 unspecified atom stereocenters. The second-order valence-electron chi connectivity index (χ2n) is 8.41. The number of carbonyl (C=O) groups is 3. The first-order chi connectivity index (χ1) is 13.1. The molecule has 1 aromatic carbocycles. The maximum Gasteiger partial charge on any atom is 0.416 e. The zero-order valence-corrected chi connectivity index (χ0v) is 17.4. The molecule has 0 saturated carbocycles. The van der Waals surface area contributed by atoms with Crippen molar-refractivity contribution in [2.24, 2.45) is 11.8 Å². The molecule has 0 aromatic heterocycles. The first-order valence-electron chi connectivity index (χ1n) is 9.88. The molecule has 1 fully saturated rings. The summed E-state index contributed by atoms with van der Waals surface area (Å²) in [5.41, 5.74) is 0.401. The number of carbonyl (C=O) groups excluding carboxylic acids is 3. The highest BCUT2D eigenvalue weighted by Gasteiger charge is 2.42. The smallest absolute Gasteiger partial charge is 0.416 e. The predicted molar refractivity (Wildman–Crippen MR) is 106 cm³/mol. The predicted octanol–water partition coefficient (Wildman–Crippen LogP) is 3.97. The van der Waals surface area contributed by atoms with Crippen LogP contribution in [0.25, 0.3) is 0 Å². The zero-order valence-electron chi connectivity index (χ0n) is 17.4. The lowest BCUT2D eigenvalue weighted by Gasteiger charge is -2.29. The van der Waals surface area contributed by atoms with Gasteiger partial charge in [0.15, 0.2) is 0 Å². The molecule has 3 atom stereocenters. The van der Waals surface area contributed by atoms with E-state index in [1.54, 1.807) is 20.8 Å². The summed E-state index contributed by atoms with van der Waals surface area (Å²) >= 11 is 0. The van der Waals surface area contributed by atoms with Gasteiger partial charge in [0.2, 0.25) is 5.91 Å². The molecule has 0 radical (unpaired) electrons. The second-order valence-corrected chi connectivity index (χ2v) is 8.41. The van der Waals surface area contributed by atoms with Gasteiger partial charge in [0, 0.05) is 0 Å². The molecule has 6 nitrogen and oxygen atoms in total. The Kier molecular flexibility index (Phi) is 7.22. The quantitative estimate of drug-likeness (QED) is 0.660. The molecule has 0 bridgehead atoms. The van der Waals surface area contributed by atoms with Gasteiger partial charge >= 0.3 is 12.1 Å². The lowest BCUT2D eigenvalue weighted by atomic mass is 9.87. The SMILES string of the molecule is CC[C@H](C)[C@@H](CC(=O)OC(C)(C)C)C(=O)N1C(=O)OC[C@H]1Cc1ccccc1. The Morgan fingerprint density at radius 1 is 1.25 bits per heavy atom. The number of ether oxygens (including phenoxy) is 2. The monoisotopic (exact) mass is 389 g/mol. The average Bonchev–Trinajstić information content (AvgIpc) is 2.98. The van der Waals surface area contributed by atoms with Gasteiger partial charge in [-0.1, -0.05) is 50.6 Å². The van der Waals surface area contributed by atoms with Crippen molar-refractivity contribution in [3.8, 4) is 0 Å². The molecule has 0 aliphatic carbocycles. The number of rotatable bonds is 7. The highest BCUT2D eigenvalue weighted by Crippen LogP contribution is 2.27. The molecular formula is C22H31NO5. The van der Waals surface area contributed by atoms with Crippen molar-refractivity contribution in [2.45, 2.75) is 65.5 Å². The first-order valence-corrected chi connectivity index (χ1v) is 9.88. The number of amides is 2. The fraction of sp³-hybridized carbons (Fsp3) is 0.591. The molecule has 6 heteroatoms. The third-order valence-corrected chi connectivity index (χ3v) is 4.97. The molecule has 0 N–H and O–H groups in total. The molecule has 1 aliphatic heterocycles. The first kappa shape index (κ1) is 21.9. The van der Waals surface area contributed by atoms with E-state index in [0.29, 0.717) is 12.8 Å². The van der Waals surface area contributed by atoms with Gasteiger partial charge < -0.3 is 9.47 Å². The van der Waals surface area contributed by atoms with Crippen LogP contribution >= 0.6 is 0 Å². The molecule has 0 spiro atoms. The molecule has 2 rings (SSSR count). The number of imide groups is 1. The van der Waals surface area contributed by atoms with E-state index in [9.17, 15) is 14.4 Å². The van der Waals surface area contributed by atoms with E-state index >= 15 is 0 Å². The molecule has 1 heterocycles. The fourth-order valence-corrected chi connectivity index (χ4v) is 3.32. The molecule has 28 heavy (non-hydrogen) atoms. The number of cyclic esters (lactones) is 1. The van der Waals surface area contributed by atoms with Gasteiger partial charge in [-0.2, -0.15) is 0 Å². The van der Waals surface area contributed by atoms with Gasteiger partial charge in [-0.25, -0.2) is 9.69 Å². The van der Waals surface area contributed by atoms with E-state index < -0.39 is 23.6 Å². The van der Waals surface area contributed by atoms with Crippen molar-refractivity contribution in [2.75, 3.05) is 6.61 Å². The van der Waals surface area contributed by atoms with Gasteiger partial charge in [0.25, 0.3) is 0 Å². The summed E-state index contributed by atoms with van der Waals surface area (Å²) in [4.78, 5) is 39.1. The van der Waals surface area contributed by atoms with E-state index in [0.717, 1.165) is 5.56 Å². The maximum atomic E-state index is 13.3. The maximum absolute atomic E-state index is 13.3. The summed E-state index contributed by atoms with van der Waals surface area (Å²) in [6, 6.07) is 9.30. The Bertz CT molecular complexity index is 695. The van der Waals surface area contributed by atoms with Crippen LogP contribution in [-0.4, -0.2) is 41.1 Å². The lowest BCUT2D eigenvalue weighted by Crippen LogP contribution is -2.46. The average molecular weight is 389 g/mol. The minimum Gasteiger partial charge on any atom is -0.460 e. The van der Waals surface area contributed by atoms with Crippen molar-refractivity contribution in [1.29, 1.82) is 0 Å². The number of hydrogen-bond donors (Lipinski definition) is 0.